The first-order valence-corrected chi connectivity index (χ1v) is 6.78. The molecule has 0 aliphatic heterocycles. The van der Waals surface area contributed by atoms with Crippen molar-refractivity contribution in [2.45, 2.75) is 25.7 Å². The number of rotatable bonds is 5. The normalized spacial score (nSPS) is 10.8. The van der Waals surface area contributed by atoms with Crippen LogP contribution in [0.15, 0.2) is 6.07 Å². The molecule has 1 rings (SSSR count). The van der Waals surface area contributed by atoms with Crippen LogP contribution in [-0.2, 0) is 21.8 Å². The van der Waals surface area contributed by atoms with Gasteiger partial charge in [-0.1, -0.05) is 0 Å². The number of hydrogen-bond acceptors (Lipinski definition) is 3. The highest BCUT2D eigenvalue weighted by molar-refractivity contribution is 14.1. The summed E-state index contributed by atoms with van der Waals surface area (Å²) in [5, 5.41) is 0. The Balaban J connectivity index is 3.09. The second-order valence-corrected chi connectivity index (χ2v) is 4.73. The van der Waals surface area contributed by atoms with Gasteiger partial charge in [0.15, 0.2) is 0 Å². The highest BCUT2D eigenvalue weighted by atomic mass is 127. The summed E-state index contributed by atoms with van der Waals surface area (Å²) < 4.78 is 30.6. The van der Waals surface area contributed by atoms with Crippen LogP contribution in [0.2, 0.25) is 0 Å². The maximum atomic E-state index is 12.8. The maximum absolute atomic E-state index is 12.8. The molecule has 0 unspecified atom stereocenters. The number of alkyl halides is 3. The quantitative estimate of drug-likeness (QED) is 0.440. The van der Waals surface area contributed by atoms with Crippen LogP contribution >= 0.6 is 34.2 Å². The van der Waals surface area contributed by atoms with Crippen molar-refractivity contribution in [3.63, 3.8) is 0 Å². The van der Waals surface area contributed by atoms with E-state index < -0.39 is 12.4 Å². The summed E-state index contributed by atoms with van der Waals surface area (Å²) in [6, 6.07) is 1.55. The van der Waals surface area contributed by atoms with Crippen molar-refractivity contribution < 1.29 is 18.3 Å². The molecule has 1 aromatic heterocycles. The Morgan fingerprint density at radius 3 is 2.78 bits per heavy atom. The zero-order valence-corrected chi connectivity index (χ0v) is 12.5. The van der Waals surface area contributed by atoms with E-state index in [1.807, 2.05) is 0 Å². The third-order valence-electron chi connectivity index (χ3n) is 2.10. The minimum absolute atomic E-state index is 0.0203. The number of nitrogens with zero attached hydrogens (tertiary/aromatic N) is 1. The molecule has 100 valence electrons. The van der Waals surface area contributed by atoms with Gasteiger partial charge < -0.3 is 4.74 Å². The summed E-state index contributed by atoms with van der Waals surface area (Å²) in [6.45, 7) is 1.94. The lowest BCUT2D eigenvalue weighted by atomic mass is 10.1. The van der Waals surface area contributed by atoms with Crippen LogP contribution in [0, 0.1) is 3.57 Å². The van der Waals surface area contributed by atoms with Gasteiger partial charge in [0.2, 0.25) is 0 Å². The van der Waals surface area contributed by atoms with Crippen molar-refractivity contribution in [2.75, 3.05) is 6.61 Å². The summed E-state index contributed by atoms with van der Waals surface area (Å²) in [7, 11) is 0. The summed E-state index contributed by atoms with van der Waals surface area (Å²) in [6.07, 6.45) is -2.75. The van der Waals surface area contributed by atoms with Gasteiger partial charge in [-0.25, -0.2) is 13.8 Å². The molecule has 0 amide bonds. The van der Waals surface area contributed by atoms with Crippen molar-refractivity contribution in [1.29, 1.82) is 0 Å². The predicted molar refractivity (Wildman–Crippen MR) is 71.8 cm³/mol. The van der Waals surface area contributed by atoms with Crippen molar-refractivity contribution in [3.8, 4) is 0 Å². The molecular formula is C11H11ClF2INO2. The van der Waals surface area contributed by atoms with Crippen LogP contribution in [0.5, 0.6) is 0 Å². The van der Waals surface area contributed by atoms with Crippen molar-refractivity contribution >= 4 is 40.2 Å². The van der Waals surface area contributed by atoms with Crippen LogP contribution in [0.4, 0.5) is 8.78 Å². The third kappa shape index (κ3) is 4.01. The average molecular weight is 390 g/mol. The van der Waals surface area contributed by atoms with E-state index in [1.54, 1.807) is 35.6 Å². The van der Waals surface area contributed by atoms with Gasteiger partial charge in [-0.15, -0.1) is 11.6 Å². The Kier molecular flexibility index (Phi) is 6.20. The van der Waals surface area contributed by atoms with Crippen LogP contribution in [-0.4, -0.2) is 17.6 Å². The number of carbonyl (C=O) groups excluding carboxylic acids is 1. The number of pyridine rings is 1. The molecule has 0 bridgehead atoms. The third-order valence-corrected chi connectivity index (χ3v) is 3.61. The van der Waals surface area contributed by atoms with Crippen molar-refractivity contribution in [3.05, 3.63) is 26.6 Å². The maximum Gasteiger partial charge on any atom is 0.310 e. The topological polar surface area (TPSA) is 39.2 Å². The molecule has 18 heavy (non-hydrogen) atoms. The molecule has 7 heteroatoms. The van der Waals surface area contributed by atoms with Gasteiger partial charge in [-0.3, -0.25) is 4.79 Å². The molecule has 0 saturated carbocycles. The van der Waals surface area contributed by atoms with E-state index in [0.717, 1.165) is 0 Å². The monoisotopic (exact) mass is 389 g/mol. The van der Waals surface area contributed by atoms with Gasteiger partial charge >= 0.3 is 5.97 Å². The molecule has 3 nitrogen and oxygen atoms in total. The minimum Gasteiger partial charge on any atom is -0.466 e. The van der Waals surface area contributed by atoms with Crippen LogP contribution in [0.25, 0.3) is 0 Å². The van der Waals surface area contributed by atoms with E-state index in [1.165, 1.54) is 0 Å². The Morgan fingerprint density at radius 2 is 2.28 bits per heavy atom. The smallest absolute Gasteiger partial charge is 0.310 e. The van der Waals surface area contributed by atoms with Crippen LogP contribution in [0.3, 0.4) is 0 Å². The predicted octanol–water partition coefficient (Wildman–Crippen LogP) is 3.47. The van der Waals surface area contributed by atoms with E-state index >= 15 is 0 Å². The molecule has 1 heterocycles. The Bertz CT molecular complexity index is 443. The summed E-state index contributed by atoms with van der Waals surface area (Å²) >= 11 is 7.36. The fourth-order valence-corrected chi connectivity index (χ4v) is 2.21. The lowest BCUT2D eigenvalue weighted by Crippen LogP contribution is -2.11. The molecule has 1 aromatic rings. The Morgan fingerprint density at radius 1 is 1.61 bits per heavy atom. The van der Waals surface area contributed by atoms with Gasteiger partial charge in [0, 0.05) is 3.57 Å². The molecule has 0 atom stereocenters. The number of esters is 1. The van der Waals surface area contributed by atoms with Gasteiger partial charge in [-0.2, -0.15) is 0 Å². The van der Waals surface area contributed by atoms with E-state index in [2.05, 4.69) is 4.98 Å². The summed E-state index contributed by atoms with van der Waals surface area (Å²) in [5.74, 6) is -0.436. The van der Waals surface area contributed by atoms with Gasteiger partial charge in [0.1, 0.15) is 5.69 Å². The molecule has 0 radical (unpaired) electrons. The van der Waals surface area contributed by atoms with Gasteiger partial charge in [0.25, 0.3) is 6.43 Å². The average Bonchev–Trinajstić information content (AvgIpc) is 2.31. The SMILES string of the molecule is CCOC(=O)Cc1cc(CCl)nc(C(F)F)c1I. The highest BCUT2D eigenvalue weighted by Gasteiger charge is 2.19. The molecule has 0 spiro atoms. The second-order valence-electron chi connectivity index (χ2n) is 3.39. The first kappa shape index (κ1) is 15.6. The summed E-state index contributed by atoms with van der Waals surface area (Å²) in [4.78, 5) is 15.1. The van der Waals surface area contributed by atoms with E-state index in [-0.39, 0.29) is 28.2 Å². The number of hydrogen-bond donors (Lipinski definition) is 0. The van der Waals surface area contributed by atoms with Crippen LogP contribution in [0.1, 0.15) is 30.3 Å². The lowest BCUT2D eigenvalue weighted by Gasteiger charge is -2.10. The molecule has 0 aromatic carbocycles. The molecule has 0 fully saturated rings. The van der Waals surface area contributed by atoms with Gasteiger partial charge in [-0.05, 0) is 41.1 Å². The molecule has 0 saturated heterocycles. The number of halogens is 4. The highest BCUT2D eigenvalue weighted by Crippen LogP contribution is 2.27. The van der Waals surface area contributed by atoms with Crippen molar-refractivity contribution in [1.82, 2.24) is 4.98 Å². The van der Waals surface area contributed by atoms with E-state index in [9.17, 15) is 13.6 Å². The Labute approximate surface area is 122 Å². The minimum atomic E-state index is -2.69. The first-order valence-electron chi connectivity index (χ1n) is 5.17. The second kappa shape index (κ2) is 7.18. The zero-order valence-electron chi connectivity index (χ0n) is 9.55. The van der Waals surface area contributed by atoms with Crippen molar-refractivity contribution in [2.24, 2.45) is 0 Å². The Hall–Kier alpha value is -0.500. The molecule has 0 aliphatic carbocycles. The molecule has 0 N–H and O–H groups in total. The number of ether oxygens (including phenoxy) is 1. The van der Waals surface area contributed by atoms with E-state index in [4.69, 9.17) is 16.3 Å². The lowest BCUT2D eigenvalue weighted by molar-refractivity contribution is -0.142. The van der Waals surface area contributed by atoms with Crippen LogP contribution < -0.4 is 0 Å². The van der Waals surface area contributed by atoms with Gasteiger partial charge in [0.05, 0.1) is 24.6 Å². The fraction of sp³-hybridized carbons (Fsp3) is 0.455. The standard InChI is InChI=1S/C11H11ClF2INO2/c1-2-18-8(17)4-6-3-7(5-12)16-10(9(6)15)11(13)14/h3,11H,2,4-5H2,1H3. The largest absolute Gasteiger partial charge is 0.466 e. The molecular weight excluding hydrogens is 378 g/mol. The van der Waals surface area contributed by atoms with E-state index in [0.29, 0.717) is 11.3 Å². The zero-order chi connectivity index (χ0) is 13.7. The fourth-order valence-electron chi connectivity index (χ4n) is 1.37. The first-order chi connectivity index (χ1) is 8.49. The summed E-state index contributed by atoms with van der Waals surface area (Å²) in [5.41, 5.74) is 0.453. The number of carbonyl (C=O) groups is 1. The molecule has 0 aliphatic rings. The number of aromatic nitrogens is 1.